The van der Waals surface area contributed by atoms with E-state index in [0.29, 0.717) is 17.1 Å². The van der Waals surface area contributed by atoms with Crippen molar-refractivity contribution in [2.75, 3.05) is 27.3 Å². The van der Waals surface area contributed by atoms with Crippen molar-refractivity contribution in [1.82, 2.24) is 5.32 Å². The monoisotopic (exact) mass is 327 g/mol. The fraction of sp³-hybridized carbons (Fsp3) is 0.500. The summed E-state index contributed by atoms with van der Waals surface area (Å²) in [5.74, 6) is 1.40. The van der Waals surface area contributed by atoms with Gasteiger partial charge in [0.15, 0.2) is 17.3 Å². The summed E-state index contributed by atoms with van der Waals surface area (Å²) in [7, 11) is 3.15. The van der Waals surface area contributed by atoms with Gasteiger partial charge in [-0.1, -0.05) is 0 Å². The minimum absolute atomic E-state index is 0.0446. The number of ketones is 1. The number of piperidine rings is 1. The van der Waals surface area contributed by atoms with Crippen molar-refractivity contribution >= 4 is 21.7 Å². The Morgan fingerprint density at radius 2 is 2.00 bits per heavy atom. The Kier molecular flexibility index (Phi) is 4.82. The smallest absolute Gasteiger partial charge is 0.168 e. The second kappa shape index (κ2) is 6.39. The quantitative estimate of drug-likeness (QED) is 0.864. The molecule has 1 saturated heterocycles. The number of rotatable bonds is 4. The lowest BCUT2D eigenvalue weighted by atomic mass is 9.91. The third-order valence-electron chi connectivity index (χ3n) is 3.41. The van der Waals surface area contributed by atoms with Crippen molar-refractivity contribution < 1.29 is 14.3 Å². The number of nitrogens with one attached hydrogen (secondary N) is 1. The summed E-state index contributed by atoms with van der Waals surface area (Å²) in [6.07, 6.45) is 1.98. The molecule has 5 heteroatoms. The first-order valence-electron chi connectivity index (χ1n) is 6.33. The fourth-order valence-electron chi connectivity index (χ4n) is 2.34. The summed E-state index contributed by atoms with van der Waals surface area (Å²) in [5.41, 5.74) is 0.659. The maximum absolute atomic E-state index is 12.5. The van der Waals surface area contributed by atoms with E-state index in [1.54, 1.807) is 26.4 Å². The van der Waals surface area contributed by atoms with Crippen molar-refractivity contribution in [3.63, 3.8) is 0 Å². The van der Waals surface area contributed by atoms with E-state index in [1.165, 1.54) is 0 Å². The zero-order valence-electron chi connectivity index (χ0n) is 11.2. The number of benzene rings is 1. The highest BCUT2D eigenvalue weighted by Crippen LogP contribution is 2.34. The summed E-state index contributed by atoms with van der Waals surface area (Å²) in [6, 6.07) is 3.53. The van der Waals surface area contributed by atoms with E-state index >= 15 is 0 Å². The maximum Gasteiger partial charge on any atom is 0.168 e. The number of carbonyl (C=O) groups excluding carboxylic acids is 1. The summed E-state index contributed by atoms with van der Waals surface area (Å²) in [6.45, 7) is 1.75. The molecule has 4 nitrogen and oxygen atoms in total. The van der Waals surface area contributed by atoms with E-state index < -0.39 is 0 Å². The topological polar surface area (TPSA) is 47.6 Å². The van der Waals surface area contributed by atoms with E-state index in [-0.39, 0.29) is 11.7 Å². The first-order chi connectivity index (χ1) is 9.17. The molecule has 1 aromatic carbocycles. The lowest BCUT2D eigenvalue weighted by Crippen LogP contribution is -2.34. The number of Topliss-reactive ketones (excluding diaryl/α,β-unsaturated/α-hetero) is 1. The number of methoxy groups -OCH3 is 2. The van der Waals surface area contributed by atoms with Gasteiger partial charge in [0.1, 0.15) is 0 Å². The lowest BCUT2D eigenvalue weighted by molar-refractivity contribution is 0.0898. The minimum atomic E-state index is 0.0446. The Morgan fingerprint density at radius 3 is 2.58 bits per heavy atom. The van der Waals surface area contributed by atoms with Crippen LogP contribution in [-0.4, -0.2) is 33.1 Å². The average Bonchev–Trinajstić information content (AvgIpc) is 2.47. The highest BCUT2D eigenvalue weighted by atomic mass is 79.9. The summed E-state index contributed by atoms with van der Waals surface area (Å²) in [5, 5.41) is 3.26. The molecule has 0 aromatic heterocycles. The SMILES string of the molecule is COc1cc(Br)c(C(=O)C2CCCNC2)cc1OC. The molecule has 1 N–H and O–H groups in total. The first-order valence-corrected chi connectivity index (χ1v) is 7.13. The van der Waals surface area contributed by atoms with Gasteiger partial charge in [0.25, 0.3) is 0 Å². The van der Waals surface area contributed by atoms with E-state index in [0.717, 1.165) is 30.4 Å². The molecule has 1 aromatic rings. The highest BCUT2D eigenvalue weighted by Gasteiger charge is 2.25. The van der Waals surface area contributed by atoms with Crippen LogP contribution < -0.4 is 14.8 Å². The van der Waals surface area contributed by atoms with Gasteiger partial charge in [0.05, 0.1) is 14.2 Å². The van der Waals surface area contributed by atoms with Crippen LogP contribution >= 0.6 is 15.9 Å². The molecule has 1 atom stereocenters. The third kappa shape index (κ3) is 3.09. The van der Waals surface area contributed by atoms with Crippen LogP contribution in [0.4, 0.5) is 0 Å². The second-order valence-electron chi connectivity index (χ2n) is 4.59. The van der Waals surface area contributed by atoms with Gasteiger partial charge in [-0.3, -0.25) is 4.79 Å². The molecule has 19 heavy (non-hydrogen) atoms. The molecule has 1 heterocycles. The minimum Gasteiger partial charge on any atom is -0.493 e. The Labute approximate surface area is 121 Å². The molecule has 0 spiro atoms. The Hall–Kier alpha value is -1.07. The Morgan fingerprint density at radius 1 is 1.32 bits per heavy atom. The average molecular weight is 328 g/mol. The fourth-order valence-corrected chi connectivity index (χ4v) is 2.86. The van der Waals surface area contributed by atoms with Crippen molar-refractivity contribution in [3.8, 4) is 11.5 Å². The van der Waals surface area contributed by atoms with Gasteiger partial charge >= 0.3 is 0 Å². The number of carbonyl (C=O) groups is 1. The van der Waals surface area contributed by atoms with Gasteiger partial charge in [-0.2, -0.15) is 0 Å². The molecule has 0 saturated carbocycles. The molecule has 1 aliphatic heterocycles. The Balaban J connectivity index is 2.30. The maximum atomic E-state index is 12.5. The normalized spacial score (nSPS) is 19.0. The summed E-state index contributed by atoms with van der Waals surface area (Å²) in [4.78, 5) is 12.5. The van der Waals surface area contributed by atoms with Crippen LogP contribution in [0.15, 0.2) is 16.6 Å². The molecule has 1 unspecified atom stereocenters. The molecule has 1 aliphatic rings. The van der Waals surface area contributed by atoms with Gasteiger partial charge in [-0.15, -0.1) is 0 Å². The van der Waals surface area contributed by atoms with Crippen molar-refractivity contribution in [2.24, 2.45) is 5.92 Å². The van der Waals surface area contributed by atoms with Crippen LogP contribution in [0.1, 0.15) is 23.2 Å². The molecule has 0 aliphatic carbocycles. The lowest BCUT2D eigenvalue weighted by Gasteiger charge is -2.22. The van der Waals surface area contributed by atoms with Gasteiger partial charge in [-0.25, -0.2) is 0 Å². The molecular weight excluding hydrogens is 310 g/mol. The van der Waals surface area contributed by atoms with Crippen LogP contribution in [-0.2, 0) is 0 Å². The highest BCUT2D eigenvalue weighted by molar-refractivity contribution is 9.10. The van der Waals surface area contributed by atoms with Gasteiger partial charge < -0.3 is 14.8 Å². The second-order valence-corrected chi connectivity index (χ2v) is 5.45. The molecule has 104 valence electrons. The van der Waals surface area contributed by atoms with Gasteiger partial charge in [0, 0.05) is 22.5 Å². The number of ether oxygens (including phenoxy) is 2. The molecular formula is C14H18BrNO3. The largest absolute Gasteiger partial charge is 0.493 e. The van der Waals surface area contributed by atoms with E-state index in [1.807, 2.05) is 0 Å². The van der Waals surface area contributed by atoms with Crippen molar-refractivity contribution in [3.05, 3.63) is 22.2 Å². The number of hydrogen-bond donors (Lipinski definition) is 1. The third-order valence-corrected chi connectivity index (χ3v) is 4.06. The standard InChI is InChI=1S/C14H18BrNO3/c1-18-12-6-10(11(15)7-13(12)19-2)14(17)9-4-3-5-16-8-9/h6-7,9,16H,3-5,8H2,1-2H3. The van der Waals surface area contributed by atoms with Crippen molar-refractivity contribution in [2.45, 2.75) is 12.8 Å². The zero-order valence-corrected chi connectivity index (χ0v) is 12.7. The van der Waals surface area contributed by atoms with Crippen molar-refractivity contribution in [1.29, 1.82) is 0 Å². The molecule has 2 rings (SSSR count). The predicted octanol–water partition coefficient (Wildman–Crippen LogP) is 2.65. The predicted molar refractivity (Wildman–Crippen MR) is 77.2 cm³/mol. The zero-order chi connectivity index (χ0) is 13.8. The number of halogens is 1. The first kappa shape index (κ1) is 14.3. The summed E-state index contributed by atoms with van der Waals surface area (Å²) < 4.78 is 11.2. The number of hydrogen-bond acceptors (Lipinski definition) is 4. The van der Waals surface area contributed by atoms with Gasteiger partial charge in [0.2, 0.25) is 0 Å². The van der Waals surface area contributed by atoms with E-state index in [2.05, 4.69) is 21.2 Å². The molecule has 1 fully saturated rings. The van der Waals surface area contributed by atoms with Gasteiger partial charge in [-0.05, 0) is 47.4 Å². The van der Waals surface area contributed by atoms with Crippen LogP contribution in [0, 0.1) is 5.92 Å². The van der Waals surface area contributed by atoms with Crippen LogP contribution in [0.2, 0.25) is 0 Å². The molecule has 0 radical (unpaired) electrons. The van der Waals surface area contributed by atoms with Crippen LogP contribution in [0.5, 0.6) is 11.5 Å². The Bertz CT molecular complexity index is 470. The van der Waals surface area contributed by atoms with Crippen LogP contribution in [0.25, 0.3) is 0 Å². The summed E-state index contributed by atoms with van der Waals surface area (Å²) >= 11 is 3.44. The van der Waals surface area contributed by atoms with E-state index in [4.69, 9.17) is 9.47 Å². The molecule has 0 bridgehead atoms. The van der Waals surface area contributed by atoms with Crippen LogP contribution in [0.3, 0.4) is 0 Å². The molecule has 0 amide bonds. The van der Waals surface area contributed by atoms with E-state index in [9.17, 15) is 4.79 Å².